The Hall–Kier alpha value is -2.54. The van der Waals surface area contributed by atoms with Gasteiger partial charge in [-0.3, -0.25) is 4.90 Å². The van der Waals surface area contributed by atoms with E-state index in [0.29, 0.717) is 19.6 Å². The molecule has 1 N–H and O–H groups in total. The minimum absolute atomic E-state index is 0.00518. The number of aliphatic carboxylic acids is 1. The highest BCUT2D eigenvalue weighted by Gasteiger charge is 2.44. The average molecular weight is 373 g/mol. The fraction of sp³-hybridized carbons (Fsp3) is 0.450. The molecule has 144 valence electrons. The molecule has 7 heteroatoms. The molecule has 1 aromatic heterocycles. The van der Waals surface area contributed by atoms with Gasteiger partial charge in [0.1, 0.15) is 5.82 Å². The molecule has 1 saturated heterocycles. The van der Waals surface area contributed by atoms with Gasteiger partial charge in [0.15, 0.2) is 11.6 Å². The SMILES string of the molecule is CCc1ncc(CN2CCC(Oc3cc(C)ccc3F)(C(=O)O)CC2)cn1. The van der Waals surface area contributed by atoms with Gasteiger partial charge in [-0.25, -0.2) is 19.2 Å². The van der Waals surface area contributed by atoms with Gasteiger partial charge in [-0.2, -0.15) is 0 Å². The second-order valence-corrected chi connectivity index (χ2v) is 6.97. The van der Waals surface area contributed by atoms with Crippen molar-refractivity contribution in [3.05, 3.63) is 53.4 Å². The summed E-state index contributed by atoms with van der Waals surface area (Å²) in [7, 11) is 0. The summed E-state index contributed by atoms with van der Waals surface area (Å²) >= 11 is 0. The molecule has 0 spiro atoms. The summed E-state index contributed by atoms with van der Waals surface area (Å²) in [5.41, 5.74) is 0.397. The van der Waals surface area contributed by atoms with Gasteiger partial charge in [-0.15, -0.1) is 0 Å². The molecule has 3 rings (SSSR count). The summed E-state index contributed by atoms with van der Waals surface area (Å²) in [5, 5.41) is 9.76. The van der Waals surface area contributed by atoms with Gasteiger partial charge in [-0.1, -0.05) is 13.0 Å². The Balaban J connectivity index is 1.67. The van der Waals surface area contributed by atoms with E-state index < -0.39 is 17.4 Å². The number of nitrogens with zero attached hydrogens (tertiary/aromatic N) is 3. The molecule has 1 aliphatic heterocycles. The number of rotatable bonds is 6. The molecule has 0 unspecified atom stereocenters. The zero-order valence-corrected chi connectivity index (χ0v) is 15.6. The third kappa shape index (κ3) is 4.42. The first-order valence-corrected chi connectivity index (χ1v) is 9.12. The summed E-state index contributed by atoms with van der Waals surface area (Å²) in [5.74, 6) is -0.805. The first-order chi connectivity index (χ1) is 12.9. The molecule has 0 saturated carbocycles. The van der Waals surface area contributed by atoms with Crippen LogP contribution in [0, 0.1) is 12.7 Å². The van der Waals surface area contributed by atoms with Crippen LogP contribution in [0.1, 0.15) is 36.7 Å². The van der Waals surface area contributed by atoms with Gasteiger partial charge in [0.25, 0.3) is 0 Å². The lowest BCUT2D eigenvalue weighted by molar-refractivity contribution is -0.160. The first-order valence-electron chi connectivity index (χ1n) is 9.12. The van der Waals surface area contributed by atoms with E-state index in [1.54, 1.807) is 12.1 Å². The van der Waals surface area contributed by atoms with Crippen LogP contribution in [0.4, 0.5) is 4.39 Å². The maximum Gasteiger partial charge on any atom is 0.348 e. The molecule has 0 radical (unpaired) electrons. The van der Waals surface area contributed by atoms with E-state index in [1.807, 2.05) is 26.2 Å². The van der Waals surface area contributed by atoms with Crippen molar-refractivity contribution in [3.8, 4) is 5.75 Å². The van der Waals surface area contributed by atoms with Crippen LogP contribution in [0.5, 0.6) is 5.75 Å². The molecule has 27 heavy (non-hydrogen) atoms. The van der Waals surface area contributed by atoms with Crippen molar-refractivity contribution in [1.29, 1.82) is 0 Å². The highest BCUT2D eigenvalue weighted by molar-refractivity contribution is 5.78. The normalized spacial score (nSPS) is 16.9. The minimum Gasteiger partial charge on any atom is -0.478 e. The smallest absolute Gasteiger partial charge is 0.348 e. The van der Waals surface area contributed by atoms with Crippen LogP contribution in [0.25, 0.3) is 0 Å². The van der Waals surface area contributed by atoms with Gasteiger partial charge in [-0.05, 0) is 24.6 Å². The van der Waals surface area contributed by atoms with E-state index in [4.69, 9.17) is 4.74 Å². The van der Waals surface area contributed by atoms with Crippen molar-refractivity contribution in [2.75, 3.05) is 13.1 Å². The van der Waals surface area contributed by atoms with E-state index in [-0.39, 0.29) is 18.6 Å². The minimum atomic E-state index is -1.41. The number of carboxylic acid groups (broad SMARTS) is 1. The van der Waals surface area contributed by atoms with Crippen LogP contribution in [0.15, 0.2) is 30.6 Å². The number of hydrogen-bond donors (Lipinski definition) is 1. The summed E-state index contributed by atoms with van der Waals surface area (Å²) in [4.78, 5) is 22.7. The highest BCUT2D eigenvalue weighted by atomic mass is 19.1. The van der Waals surface area contributed by atoms with E-state index in [0.717, 1.165) is 23.4 Å². The fourth-order valence-electron chi connectivity index (χ4n) is 3.24. The summed E-state index contributed by atoms with van der Waals surface area (Å²) in [6.07, 6.45) is 4.97. The summed E-state index contributed by atoms with van der Waals surface area (Å²) in [6.45, 7) is 5.54. The van der Waals surface area contributed by atoms with Crippen LogP contribution < -0.4 is 4.74 Å². The van der Waals surface area contributed by atoms with Gasteiger partial charge in [0.2, 0.25) is 5.60 Å². The lowest BCUT2D eigenvalue weighted by atomic mass is 9.90. The van der Waals surface area contributed by atoms with Crippen molar-refractivity contribution in [2.45, 2.75) is 45.3 Å². The van der Waals surface area contributed by atoms with Crippen molar-refractivity contribution in [2.24, 2.45) is 0 Å². The Morgan fingerprint density at radius 3 is 2.56 bits per heavy atom. The predicted octanol–water partition coefficient (Wildman–Crippen LogP) is 2.98. The zero-order valence-electron chi connectivity index (χ0n) is 15.6. The van der Waals surface area contributed by atoms with E-state index >= 15 is 0 Å². The summed E-state index contributed by atoms with van der Waals surface area (Å²) < 4.78 is 19.8. The molecule has 0 bridgehead atoms. The number of carboxylic acids is 1. The number of hydrogen-bond acceptors (Lipinski definition) is 5. The van der Waals surface area contributed by atoms with E-state index in [1.165, 1.54) is 6.07 Å². The van der Waals surface area contributed by atoms with Gasteiger partial charge in [0, 0.05) is 56.9 Å². The predicted molar refractivity (Wildman–Crippen MR) is 98.1 cm³/mol. The molecule has 2 aromatic rings. The summed E-state index contributed by atoms with van der Waals surface area (Å²) in [6, 6.07) is 4.47. The van der Waals surface area contributed by atoms with E-state index in [9.17, 15) is 14.3 Å². The first kappa shape index (κ1) is 19.2. The van der Waals surface area contributed by atoms with Crippen LogP contribution in [-0.2, 0) is 17.8 Å². The third-order valence-corrected chi connectivity index (χ3v) is 4.93. The lowest BCUT2D eigenvalue weighted by Crippen LogP contribution is -2.53. The second kappa shape index (κ2) is 8.00. The number of benzene rings is 1. The second-order valence-electron chi connectivity index (χ2n) is 6.97. The standard InChI is InChI=1S/C20H24FN3O3/c1-3-18-22-11-15(12-23-18)13-24-8-6-20(7-9-24,19(25)26)27-17-10-14(2)4-5-16(17)21/h4-5,10-12H,3,6-9,13H2,1-2H3,(H,25,26). The van der Waals surface area contributed by atoms with Crippen LogP contribution in [-0.4, -0.2) is 44.6 Å². The van der Waals surface area contributed by atoms with Gasteiger partial charge >= 0.3 is 5.97 Å². The molecule has 0 atom stereocenters. The van der Waals surface area contributed by atoms with Crippen LogP contribution in [0.3, 0.4) is 0 Å². The maximum atomic E-state index is 14.0. The third-order valence-electron chi connectivity index (χ3n) is 4.93. The van der Waals surface area contributed by atoms with Crippen molar-refractivity contribution < 1.29 is 19.0 Å². The number of likely N-dealkylation sites (tertiary alicyclic amines) is 1. The number of halogens is 1. The van der Waals surface area contributed by atoms with Crippen molar-refractivity contribution >= 4 is 5.97 Å². The van der Waals surface area contributed by atoms with E-state index in [2.05, 4.69) is 14.9 Å². The number of piperidine rings is 1. The Labute approximate surface area is 158 Å². The molecule has 1 aromatic carbocycles. The van der Waals surface area contributed by atoms with Gasteiger partial charge in [0.05, 0.1) is 0 Å². The largest absolute Gasteiger partial charge is 0.478 e. The van der Waals surface area contributed by atoms with Crippen molar-refractivity contribution in [1.82, 2.24) is 14.9 Å². The molecular formula is C20H24FN3O3. The molecule has 0 amide bonds. The monoisotopic (exact) mass is 373 g/mol. The Morgan fingerprint density at radius 1 is 1.30 bits per heavy atom. The number of ether oxygens (including phenoxy) is 1. The topological polar surface area (TPSA) is 75.6 Å². The lowest BCUT2D eigenvalue weighted by Gasteiger charge is -2.38. The van der Waals surface area contributed by atoms with Crippen molar-refractivity contribution in [3.63, 3.8) is 0 Å². The molecule has 2 heterocycles. The van der Waals surface area contributed by atoms with Gasteiger partial charge < -0.3 is 9.84 Å². The molecule has 6 nitrogen and oxygen atoms in total. The van der Waals surface area contributed by atoms with Crippen LogP contribution >= 0.6 is 0 Å². The molecular weight excluding hydrogens is 349 g/mol. The van der Waals surface area contributed by atoms with Crippen LogP contribution in [0.2, 0.25) is 0 Å². The molecule has 1 aliphatic rings. The number of carbonyl (C=O) groups is 1. The highest BCUT2D eigenvalue weighted by Crippen LogP contribution is 2.31. The quantitative estimate of drug-likeness (QED) is 0.839. The Kier molecular flexibility index (Phi) is 5.70. The zero-order chi connectivity index (χ0) is 19.4. The average Bonchev–Trinajstić information content (AvgIpc) is 2.67. The Bertz CT molecular complexity index is 803. The molecule has 0 aliphatic carbocycles. The number of aromatic nitrogens is 2. The Morgan fingerprint density at radius 2 is 1.96 bits per heavy atom. The maximum absolute atomic E-state index is 14.0. The number of aryl methyl sites for hydroxylation is 2. The molecule has 1 fully saturated rings. The fourth-order valence-corrected chi connectivity index (χ4v) is 3.24.